The SMILES string of the molecule is CCOC(=O)CC1CCc2cc(NC(=O)c3ccc(C(=N)NC(=O)c4ccccc4)cc3)ccc2O1. The molecule has 0 aromatic heterocycles. The van der Waals surface area contributed by atoms with Gasteiger partial charge in [-0.25, -0.2) is 0 Å². The molecular formula is C28H27N3O5. The van der Waals surface area contributed by atoms with Gasteiger partial charge in [-0.1, -0.05) is 30.3 Å². The van der Waals surface area contributed by atoms with Crippen LogP contribution in [-0.2, 0) is 16.0 Å². The number of ether oxygens (including phenoxy) is 2. The average Bonchev–Trinajstić information content (AvgIpc) is 2.89. The summed E-state index contributed by atoms with van der Waals surface area (Å²) in [4.78, 5) is 36.7. The van der Waals surface area contributed by atoms with E-state index in [1.807, 2.05) is 12.1 Å². The third kappa shape index (κ3) is 6.15. The summed E-state index contributed by atoms with van der Waals surface area (Å²) in [5.41, 5.74) is 2.97. The molecule has 1 unspecified atom stereocenters. The highest BCUT2D eigenvalue weighted by molar-refractivity contribution is 6.12. The number of rotatable bonds is 7. The van der Waals surface area contributed by atoms with Gasteiger partial charge in [-0.05, 0) is 67.8 Å². The Kier molecular flexibility index (Phi) is 7.75. The van der Waals surface area contributed by atoms with Crippen molar-refractivity contribution in [2.75, 3.05) is 11.9 Å². The van der Waals surface area contributed by atoms with Crippen LogP contribution in [-0.4, -0.2) is 36.3 Å². The van der Waals surface area contributed by atoms with Crippen molar-refractivity contribution in [2.45, 2.75) is 32.3 Å². The zero-order chi connectivity index (χ0) is 25.5. The fraction of sp³-hybridized carbons (Fsp3) is 0.214. The first-order valence-electron chi connectivity index (χ1n) is 11.7. The maximum absolute atomic E-state index is 12.7. The van der Waals surface area contributed by atoms with Gasteiger partial charge in [0.05, 0.1) is 13.0 Å². The van der Waals surface area contributed by atoms with Crippen LogP contribution >= 0.6 is 0 Å². The number of fused-ring (bicyclic) bond motifs is 1. The first kappa shape index (κ1) is 24.7. The minimum absolute atomic E-state index is 0.0493. The molecular weight excluding hydrogens is 458 g/mol. The van der Waals surface area contributed by atoms with Gasteiger partial charge in [0.2, 0.25) is 0 Å². The first-order valence-corrected chi connectivity index (χ1v) is 11.7. The number of benzene rings is 3. The molecule has 1 heterocycles. The molecule has 4 rings (SSSR count). The van der Waals surface area contributed by atoms with E-state index in [1.165, 1.54) is 0 Å². The molecule has 8 nitrogen and oxygen atoms in total. The Labute approximate surface area is 209 Å². The van der Waals surface area contributed by atoms with E-state index in [0.29, 0.717) is 41.2 Å². The second kappa shape index (κ2) is 11.3. The number of amides is 2. The molecule has 184 valence electrons. The van der Waals surface area contributed by atoms with Crippen LogP contribution in [0.15, 0.2) is 72.8 Å². The summed E-state index contributed by atoms with van der Waals surface area (Å²) in [6.07, 6.45) is 1.42. The minimum atomic E-state index is -0.369. The fourth-order valence-electron chi connectivity index (χ4n) is 3.91. The van der Waals surface area contributed by atoms with Crippen LogP contribution in [0.1, 0.15) is 51.6 Å². The van der Waals surface area contributed by atoms with Crippen molar-refractivity contribution in [2.24, 2.45) is 0 Å². The third-order valence-corrected chi connectivity index (χ3v) is 5.76. The van der Waals surface area contributed by atoms with Crippen molar-refractivity contribution in [3.8, 4) is 5.75 Å². The minimum Gasteiger partial charge on any atom is -0.490 e. The third-order valence-electron chi connectivity index (χ3n) is 5.76. The van der Waals surface area contributed by atoms with Crippen molar-refractivity contribution in [1.29, 1.82) is 5.41 Å². The molecule has 36 heavy (non-hydrogen) atoms. The number of carbonyl (C=O) groups excluding carboxylic acids is 3. The molecule has 8 heteroatoms. The van der Waals surface area contributed by atoms with Crippen molar-refractivity contribution in [3.05, 3.63) is 95.1 Å². The largest absolute Gasteiger partial charge is 0.490 e. The van der Waals surface area contributed by atoms with Crippen LogP contribution < -0.4 is 15.4 Å². The fourth-order valence-corrected chi connectivity index (χ4v) is 3.91. The molecule has 1 atom stereocenters. The number of hydrogen-bond acceptors (Lipinski definition) is 6. The molecule has 1 aliphatic rings. The van der Waals surface area contributed by atoms with Gasteiger partial charge < -0.3 is 20.1 Å². The number of aryl methyl sites for hydroxylation is 1. The summed E-state index contributed by atoms with van der Waals surface area (Å²) in [6.45, 7) is 2.12. The Bertz CT molecular complexity index is 1270. The summed E-state index contributed by atoms with van der Waals surface area (Å²) < 4.78 is 10.9. The number of carbonyl (C=O) groups is 3. The molecule has 0 radical (unpaired) electrons. The summed E-state index contributed by atoms with van der Waals surface area (Å²) >= 11 is 0. The number of esters is 1. The molecule has 3 aromatic carbocycles. The predicted molar refractivity (Wildman–Crippen MR) is 136 cm³/mol. The van der Waals surface area contributed by atoms with E-state index >= 15 is 0 Å². The van der Waals surface area contributed by atoms with Crippen molar-refractivity contribution in [1.82, 2.24) is 5.32 Å². The van der Waals surface area contributed by atoms with Crippen LogP contribution in [0.2, 0.25) is 0 Å². The molecule has 2 amide bonds. The second-order valence-electron chi connectivity index (χ2n) is 8.34. The Balaban J connectivity index is 1.34. The van der Waals surface area contributed by atoms with Gasteiger partial charge in [0.1, 0.15) is 17.7 Å². The lowest BCUT2D eigenvalue weighted by atomic mass is 10.00. The lowest BCUT2D eigenvalue weighted by Crippen LogP contribution is -2.30. The average molecular weight is 486 g/mol. The van der Waals surface area contributed by atoms with E-state index < -0.39 is 0 Å². The lowest BCUT2D eigenvalue weighted by Gasteiger charge is -2.26. The lowest BCUT2D eigenvalue weighted by molar-refractivity contribution is -0.145. The van der Waals surface area contributed by atoms with Crippen LogP contribution in [0.3, 0.4) is 0 Å². The molecule has 3 N–H and O–H groups in total. The molecule has 3 aromatic rings. The zero-order valence-electron chi connectivity index (χ0n) is 19.9. The quantitative estimate of drug-likeness (QED) is 0.261. The maximum Gasteiger partial charge on any atom is 0.309 e. The van der Waals surface area contributed by atoms with Gasteiger partial charge in [-0.2, -0.15) is 0 Å². The van der Waals surface area contributed by atoms with Crippen LogP contribution in [0.5, 0.6) is 5.75 Å². The second-order valence-corrected chi connectivity index (χ2v) is 8.34. The zero-order valence-corrected chi connectivity index (χ0v) is 19.9. The van der Waals surface area contributed by atoms with Gasteiger partial charge in [-0.3, -0.25) is 19.8 Å². The number of amidine groups is 1. The molecule has 1 aliphatic heterocycles. The molecule has 0 fully saturated rings. The highest BCUT2D eigenvalue weighted by Crippen LogP contribution is 2.31. The number of hydrogen-bond donors (Lipinski definition) is 3. The van der Waals surface area contributed by atoms with Gasteiger partial charge in [-0.15, -0.1) is 0 Å². The standard InChI is InChI=1S/C28H27N3O5/c1-2-35-25(32)17-23-14-12-21-16-22(13-15-24(21)36-23)30-27(33)20-10-8-18(9-11-20)26(29)31-28(34)19-6-4-3-5-7-19/h3-11,13,15-16,23H,2,12,14,17H2,1H3,(H,30,33)(H2,29,31,34). The Morgan fingerprint density at radius 3 is 2.36 bits per heavy atom. The van der Waals surface area contributed by atoms with Gasteiger partial charge in [0.15, 0.2) is 0 Å². The molecule has 0 saturated heterocycles. The Hall–Kier alpha value is -4.46. The van der Waals surface area contributed by atoms with E-state index in [9.17, 15) is 14.4 Å². The van der Waals surface area contributed by atoms with Crippen LogP contribution in [0.4, 0.5) is 5.69 Å². The van der Waals surface area contributed by atoms with Gasteiger partial charge in [0.25, 0.3) is 11.8 Å². The van der Waals surface area contributed by atoms with E-state index in [1.54, 1.807) is 67.6 Å². The first-order chi connectivity index (χ1) is 17.4. The molecule has 0 saturated carbocycles. The highest BCUT2D eigenvalue weighted by Gasteiger charge is 2.23. The molecule has 0 aliphatic carbocycles. The smallest absolute Gasteiger partial charge is 0.309 e. The monoisotopic (exact) mass is 485 g/mol. The normalized spacial score (nSPS) is 14.1. The van der Waals surface area contributed by atoms with E-state index in [-0.39, 0.29) is 36.1 Å². The number of nitrogens with one attached hydrogen (secondary N) is 3. The summed E-state index contributed by atoms with van der Waals surface area (Å²) in [6, 6.07) is 20.5. The highest BCUT2D eigenvalue weighted by atomic mass is 16.5. The number of anilines is 1. The summed E-state index contributed by atoms with van der Waals surface area (Å²) in [5, 5.41) is 13.6. The Morgan fingerprint density at radius 1 is 0.944 bits per heavy atom. The summed E-state index contributed by atoms with van der Waals surface area (Å²) in [5.74, 6) is -0.278. The Morgan fingerprint density at radius 2 is 1.64 bits per heavy atom. The predicted octanol–water partition coefficient (Wildman–Crippen LogP) is 4.34. The van der Waals surface area contributed by atoms with Crippen LogP contribution in [0, 0.1) is 5.41 Å². The summed E-state index contributed by atoms with van der Waals surface area (Å²) in [7, 11) is 0. The topological polar surface area (TPSA) is 118 Å². The maximum atomic E-state index is 12.7. The molecule has 0 spiro atoms. The molecule has 0 bridgehead atoms. The van der Waals surface area contributed by atoms with E-state index in [4.69, 9.17) is 14.9 Å². The van der Waals surface area contributed by atoms with E-state index in [0.717, 1.165) is 12.0 Å². The van der Waals surface area contributed by atoms with E-state index in [2.05, 4.69) is 10.6 Å². The van der Waals surface area contributed by atoms with Crippen molar-refractivity contribution in [3.63, 3.8) is 0 Å². The van der Waals surface area contributed by atoms with Gasteiger partial charge in [0, 0.05) is 22.4 Å². The van der Waals surface area contributed by atoms with Crippen molar-refractivity contribution < 1.29 is 23.9 Å². The van der Waals surface area contributed by atoms with Crippen LogP contribution in [0.25, 0.3) is 0 Å². The van der Waals surface area contributed by atoms with Crippen molar-refractivity contribution >= 4 is 29.3 Å². The van der Waals surface area contributed by atoms with Gasteiger partial charge >= 0.3 is 5.97 Å².